The molecule has 0 aliphatic heterocycles. The second-order valence-electron chi connectivity index (χ2n) is 2.31. The number of aromatic carboxylic acids is 1. The highest BCUT2D eigenvalue weighted by molar-refractivity contribution is 5.90. The van der Waals surface area contributed by atoms with E-state index >= 15 is 0 Å². The molecule has 2 heterocycles. The van der Waals surface area contributed by atoms with Crippen LogP contribution in [0, 0.1) is 0 Å². The van der Waals surface area contributed by atoms with Crippen LogP contribution in [0.5, 0.6) is 0 Å². The van der Waals surface area contributed by atoms with Crippen LogP contribution >= 0.6 is 0 Å². The van der Waals surface area contributed by atoms with Gasteiger partial charge in [-0.05, 0) is 0 Å². The Morgan fingerprint density at radius 3 is 2.77 bits per heavy atom. The van der Waals surface area contributed by atoms with Crippen molar-refractivity contribution in [2.45, 2.75) is 0 Å². The zero-order valence-corrected chi connectivity index (χ0v) is 6.38. The van der Waals surface area contributed by atoms with Gasteiger partial charge in [-0.25, -0.2) is 4.79 Å². The number of nitrogens with zero attached hydrogens (tertiary/aromatic N) is 4. The van der Waals surface area contributed by atoms with Gasteiger partial charge in [0.2, 0.25) is 0 Å². The fraction of sp³-hybridized carbons (Fsp3) is 0. The molecule has 0 saturated heterocycles. The Labute approximate surface area is 72.0 Å². The van der Waals surface area contributed by atoms with E-state index in [4.69, 9.17) is 5.11 Å². The van der Waals surface area contributed by atoms with Crippen LogP contribution in [0.3, 0.4) is 0 Å². The van der Waals surface area contributed by atoms with Crippen LogP contribution in [0.4, 0.5) is 0 Å². The highest BCUT2D eigenvalue weighted by atomic mass is 16.4. The van der Waals surface area contributed by atoms with Crippen LogP contribution in [0.15, 0.2) is 18.9 Å². The topological polar surface area (TPSA) is 96.7 Å². The molecule has 0 spiro atoms. The smallest absolute Gasteiger partial charge is 0.341 e. The minimum atomic E-state index is -1.04. The van der Waals surface area contributed by atoms with Gasteiger partial charge in [0.1, 0.15) is 24.0 Å². The first kappa shape index (κ1) is 7.47. The van der Waals surface area contributed by atoms with E-state index < -0.39 is 5.97 Å². The van der Waals surface area contributed by atoms with Gasteiger partial charge in [-0.2, -0.15) is 5.10 Å². The Bertz CT molecular complexity index is 418. The highest BCUT2D eigenvalue weighted by Gasteiger charge is 2.13. The van der Waals surface area contributed by atoms with Crippen molar-refractivity contribution >= 4 is 5.97 Å². The van der Waals surface area contributed by atoms with E-state index in [1.54, 1.807) is 0 Å². The lowest BCUT2D eigenvalue weighted by Crippen LogP contribution is -2.01. The average Bonchev–Trinajstić information content (AvgIpc) is 2.74. The molecule has 0 aliphatic carbocycles. The molecular weight excluding hydrogens is 174 g/mol. The molecule has 7 nitrogen and oxygen atoms in total. The van der Waals surface area contributed by atoms with E-state index in [0.29, 0.717) is 5.82 Å². The third-order valence-electron chi connectivity index (χ3n) is 1.53. The zero-order chi connectivity index (χ0) is 9.26. The van der Waals surface area contributed by atoms with E-state index in [2.05, 4.69) is 20.4 Å². The number of hydrogen-bond donors (Lipinski definition) is 2. The third kappa shape index (κ3) is 1.15. The van der Waals surface area contributed by atoms with E-state index in [1.807, 2.05) is 0 Å². The van der Waals surface area contributed by atoms with Gasteiger partial charge in [-0.1, -0.05) is 0 Å². The summed E-state index contributed by atoms with van der Waals surface area (Å²) < 4.78 is 1.44. The van der Waals surface area contributed by atoms with Crippen molar-refractivity contribution in [1.82, 2.24) is 25.0 Å². The van der Waals surface area contributed by atoms with Gasteiger partial charge in [0.25, 0.3) is 0 Å². The normalized spacial score (nSPS) is 10.2. The molecule has 0 bridgehead atoms. The molecule has 0 fully saturated rings. The molecule has 0 atom stereocenters. The minimum Gasteiger partial charge on any atom is -0.477 e. The molecule has 0 unspecified atom stereocenters. The zero-order valence-electron chi connectivity index (χ0n) is 6.38. The SMILES string of the molecule is O=C(O)c1cn[nH]c1-n1cnnc1. The van der Waals surface area contributed by atoms with Crippen molar-refractivity contribution in [3.05, 3.63) is 24.4 Å². The summed E-state index contributed by atoms with van der Waals surface area (Å²) in [4.78, 5) is 10.7. The predicted molar refractivity (Wildman–Crippen MR) is 40.5 cm³/mol. The first-order chi connectivity index (χ1) is 6.29. The summed E-state index contributed by atoms with van der Waals surface area (Å²) in [5, 5.41) is 22.0. The molecule has 0 aliphatic rings. The minimum absolute atomic E-state index is 0.0831. The Balaban J connectivity index is 2.52. The first-order valence-corrected chi connectivity index (χ1v) is 3.40. The number of aromatic nitrogens is 5. The number of hydrogen-bond acceptors (Lipinski definition) is 4. The highest BCUT2D eigenvalue weighted by Crippen LogP contribution is 2.08. The lowest BCUT2D eigenvalue weighted by Gasteiger charge is -1.96. The van der Waals surface area contributed by atoms with Crippen LogP contribution < -0.4 is 0 Å². The van der Waals surface area contributed by atoms with Crippen molar-refractivity contribution in [3.63, 3.8) is 0 Å². The van der Waals surface area contributed by atoms with Crippen LogP contribution in [0.25, 0.3) is 5.82 Å². The summed E-state index contributed by atoms with van der Waals surface area (Å²) in [6.45, 7) is 0. The van der Waals surface area contributed by atoms with Gasteiger partial charge in [0, 0.05) is 0 Å². The molecule has 0 aromatic carbocycles. The van der Waals surface area contributed by atoms with Gasteiger partial charge in [0.15, 0.2) is 0 Å². The van der Waals surface area contributed by atoms with Gasteiger partial charge in [-0.15, -0.1) is 10.2 Å². The van der Waals surface area contributed by atoms with Gasteiger partial charge >= 0.3 is 5.97 Å². The fourth-order valence-corrected chi connectivity index (χ4v) is 0.949. The number of rotatable bonds is 2. The second-order valence-corrected chi connectivity index (χ2v) is 2.31. The largest absolute Gasteiger partial charge is 0.477 e. The van der Waals surface area contributed by atoms with Gasteiger partial charge < -0.3 is 5.11 Å². The number of nitrogens with one attached hydrogen (secondary N) is 1. The summed E-state index contributed by atoms with van der Waals surface area (Å²) in [5.74, 6) is -0.699. The number of aromatic amines is 1. The van der Waals surface area contributed by atoms with Crippen molar-refractivity contribution < 1.29 is 9.90 Å². The van der Waals surface area contributed by atoms with E-state index in [0.717, 1.165) is 0 Å². The molecule has 0 saturated carbocycles. The molecule has 2 rings (SSSR count). The lowest BCUT2D eigenvalue weighted by atomic mass is 10.3. The van der Waals surface area contributed by atoms with E-state index in [9.17, 15) is 4.79 Å². The third-order valence-corrected chi connectivity index (χ3v) is 1.53. The summed E-state index contributed by atoms with van der Waals surface area (Å²) in [5.41, 5.74) is 0.0831. The maximum Gasteiger partial charge on any atom is 0.341 e. The van der Waals surface area contributed by atoms with E-state index in [-0.39, 0.29) is 5.56 Å². The van der Waals surface area contributed by atoms with Crippen LogP contribution in [0.1, 0.15) is 10.4 Å². The maximum absolute atomic E-state index is 10.7. The molecule has 2 aromatic heterocycles. The molecule has 0 amide bonds. The number of carboxylic acids is 1. The Morgan fingerprint density at radius 2 is 2.15 bits per heavy atom. The number of H-pyrrole nitrogens is 1. The molecule has 66 valence electrons. The van der Waals surface area contributed by atoms with Crippen molar-refractivity contribution in [3.8, 4) is 5.82 Å². The van der Waals surface area contributed by atoms with Crippen molar-refractivity contribution in [2.24, 2.45) is 0 Å². The molecule has 7 heteroatoms. The molecule has 0 radical (unpaired) electrons. The second kappa shape index (κ2) is 2.70. The maximum atomic E-state index is 10.7. The predicted octanol–water partition coefficient (Wildman–Crippen LogP) is -0.311. The van der Waals surface area contributed by atoms with Crippen LogP contribution in [0.2, 0.25) is 0 Å². The van der Waals surface area contributed by atoms with Crippen LogP contribution in [-0.4, -0.2) is 36.0 Å². The van der Waals surface area contributed by atoms with E-state index in [1.165, 1.54) is 23.4 Å². The van der Waals surface area contributed by atoms with Gasteiger partial charge in [-0.3, -0.25) is 9.67 Å². The molecule has 2 N–H and O–H groups in total. The van der Waals surface area contributed by atoms with Crippen LogP contribution in [-0.2, 0) is 0 Å². The summed E-state index contributed by atoms with van der Waals surface area (Å²) in [6.07, 6.45) is 4.01. The van der Waals surface area contributed by atoms with Crippen molar-refractivity contribution in [2.75, 3.05) is 0 Å². The fourth-order valence-electron chi connectivity index (χ4n) is 0.949. The first-order valence-electron chi connectivity index (χ1n) is 3.40. The molecule has 2 aromatic rings. The summed E-state index contributed by atoms with van der Waals surface area (Å²) in [7, 11) is 0. The number of carbonyl (C=O) groups is 1. The van der Waals surface area contributed by atoms with Crippen molar-refractivity contribution in [1.29, 1.82) is 0 Å². The monoisotopic (exact) mass is 179 g/mol. The van der Waals surface area contributed by atoms with Gasteiger partial charge in [0.05, 0.1) is 6.20 Å². The standard InChI is InChI=1S/C6H5N5O2/c12-6(13)4-1-7-10-5(4)11-2-8-9-3-11/h1-3H,(H,7,10)(H,12,13). The number of carboxylic acid groups (broad SMARTS) is 1. The quantitative estimate of drug-likeness (QED) is 0.659. The Kier molecular flexibility index (Phi) is 1.55. The average molecular weight is 179 g/mol. The summed E-state index contributed by atoms with van der Waals surface area (Å²) >= 11 is 0. The Morgan fingerprint density at radius 1 is 1.46 bits per heavy atom. The molecular formula is C6H5N5O2. The lowest BCUT2D eigenvalue weighted by molar-refractivity contribution is 0.0697. The Hall–Kier alpha value is -2.18. The molecule has 13 heavy (non-hydrogen) atoms. The summed E-state index contributed by atoms with van der Waals surface area (Å²) in [6, 6.07) is 0.